The van der Waals surface area contributed by atoms with Gasteiger partial charge in [-0.2, -0.15) is 4.72 Å². The van der Waals surface area contributed by atoms with E-state index in [1.807, 2.05) is 6.92 Å². The predicted molar refractivity (Wildman–Crippen MR) is 66.3 cm³/mol. The van der Waals surface area contributed by atoms with E-state index in [9.17, 15) is 8.42 Å². The number of aromatic amines is 1. The summed E-state index contributed by atoms with van der Waals surface area (Å²) in [4.78, 5) is 7.00. The van der Waals surface area contributed by atoms with Crippen molar-refractivity contribution in [2.24, 2.45) is 0 Å². The molecule has 1 unspecified atom stereocenters. The van der Waals surface area contributed by atoms with Crippen molar-refractivity contribution >= 4 is 21.4 Å². The zero-order chi connectivity index (χ0) is 12.3. The lowest BCUT2D eigenvalue weighted by Gasteiger charge is -2.13. The average Bonchev–Trinajstić information content (AvgIpc) is 2.97. The number of H-pyrrole nitrogens is 1. The highest BCUT2D eigenvalue weighted by Crippen LogP contribution is 2.20. The summed E-state index contributed by atoms with van der Waals surface area (Å²) in [5.41, 5.74) is 0. The first-order valence-corrected chi connectivity index (χ1v) is 7.55. The number of nitrogens with zero attached hydrogens (tertiary/aromatic N) is 1. The van der Waals surface area contributed by atoms with Crippen molar-refractivity contribution in [3.05, 3.63) is 35.7 Å². The average molecular weight is 271 g/mol. The maximum Gasteiger partial charge on any atom is 0.250 e. The second-order valence-corrected chi connectivity index (χ2v) is 6.38. The van der Waals surface area contributed by atoms with Crippen LogP contribution in [0.2, 0.25) is 0 Å². The van der Waals surface area contributed by atoms with E-state index < -0.39 is 10.0 Å². The van der Waals surface area contributed by atoms with E-state index in [1.54, 1.807) is 29.9 Å². The second kappa shape index (κ2) is 4.99. The quantitative estimate of drug-likeness (QED) is 0.872. The van der Waals surface area contributed by atoms with E-state index in [0.717, 1.165) is 0 Å². The van der Waals surface area contributed by atoms with Crippen LogP contribution in [0.25, 0.3) is 0 Å². The number of thiophene rings is 1. The van der Waals surface area contributed by atoms with E-state index >= 15 is 0 Å². The van der Waals surface area contributed by atoms with Crippen molar-refractivity contribution in [2.75, 3.05) is 0 Å². The van der Waals surface area contributed by atoms with Crippen molar-refractivity contribution in [1.82, 2.24) is 14.7 Å². The second-order valence-electron chi connectivity index (χ2n) is 3.49. The number of imidazole rings is 1. The molecule has 0 aliphatic carbocycles. The highest BCUT2D eigenvalue weighted by molar-refractivity contribution is 7.91. The predicted octanol–water partition coefficient (Wildman–Crippen LogP) is 1.90. The van der Waals surface area contributed by atoms with Crippen LogP contribution in [0, 0.1) is 0 Å². The zero-order valence-corrected chi connectivity index (χ0v) is 10.9. The molecule has 17 heavy (non-hydrogen) atoms. The van der Waals surface area contributed by atoms with Gasteiger partial charge < -0.3 is 4.98 Å². The molecule has 0 aliphatic rings. The summed E-state index contributed by atoms with van der Waals surface area (Å²) >= 11 is 1.20. The SMILES string of the molecule is CCC(NS(=O)(=O)c1cccs1)c1ncc[nH]1. The van der Waals surface area contributed by atoms with Gasteiger partial charge in [-0.15, -0.1) is 11.3 Å². The van der Waals surface area contributed by atoms with Gasteiger partial charge in [-0.3, -0.25) is 0 Å². The molecule has 0 spiro atoms. The van der Waals surface area contributed by atoms with Crippen LogP contribution >= 0.6 is 11.3 Å². The Hall–Kier alpha value is -1.18. The minimum atomic E-state index is -3.45. The summed E-state index contributed by atoms with van der Waals surface area (Å²) in [7, 11) is -3.45. The number of hydrogen-bond acceptors (Lipinski definition) is 4. The molecule has 0 bridgehead atoms. The van der Waals surface area contributed by atoms with E-state index in [2.05, 4.69) is 14.7 Å². The van der Waals surface area contributed by atoms with E-state index in [4.69, 9.17) is 0 Å². The summed E-state index contributed by atoms with van der Waals surface area (Å²) in [6, 6.07) is 2.98. The zero-order valence-electron chi connectivity index (χ0n) is 9.25. The molecule has 5 nitrogen and oxygen atoms in total. The standard InChI is InChI=1S/C10H13N3O2S2/c1-2-8(10-11-5-6-12-10)13-17(14,15)9-4-3-7-16-9/h3-8,13H,2H2,1H3,(H,11,12). The Morgan fingerprint density at radius 2 is 2.41 bits per heavy atom. The first-order chi connectivity index (χ1) is 8.13. The number of sulfonamides is 1. The van der Waals surface area contributed by atoms with Gasteiger partial charge in [0.25, 0.3) is 10.0 Å². The Balaban J connectivity index is 2.20. The van der Waals surface area contributed by atoms with Crippen LogP contribution in [-0.2, 0) is 10.0 Å². The summed E-state index contributed by atoms with van der Waals surface area (Å²) in [6.45, 7) is 1.91. The molecule has 2 heterocycles. The molecule has 1 atom stereocenters. The summed E-state index contributed by atoms with van der Waals surface area (Å²) in [5, 5.41) is 1.74. The van der Waals surface area contributed by atoms with Crippen LogP contribution in [0.5, 0.6) is 0 Å². The minimum Gasteiger partial charge on any atom is -0.347 e. The molecule has 0 fully saturated rings. The first-order valence-electron chi connectivity index (χ1n) is 5.18. The van der Waals surface area contributed by atoms with Crippen LogP contribution in [0.3, 0.4) is 0 Å². The number of hydrogen-bond donors (Lipinski definition) is 2. The first kappa shape index (κ1) is 12.3. The highest BCUT2D eigenvalue weighted by atomic mass is 32.2. The lowest BCUT2D eigenvalue weighted by molar-refractivity contribution is 0.541. The van der Waals surface area contributed by atoms with Gasteiger partial charge >= 0.3 is 0 Å². The summed E-state index contributed by atoms with van der Waals surface area (Å²) < 4.78 is 27.0. The molecular formula is C10H13N3O2S2. The molecule has 7 heteroatoms. The van der Waals surface area contributed by atoms with Crippen LogP contribution in [0.4, 0.5) is 0 Å². The van der Waals surface area contributed by atoms with Gasteiger partial charge in [0.2, 0.25) is 0 Å². The van der Waals surface area contributed by atoms with E-state index in [-0.39, 0.29) is 6.04 Å². The maximum atomic E-state index is 12.0. The van der Waals surface area contributed by atoms with E-state index in [0.29, 0.717) is 16.5 Å². The normalized spacial score (nSPS) is 13.7. The van der Waals surface area contributed by atoms with Gasteiger partial charge in [-0.05, 0) is 17.9 Å². The molecule has 2 N–H and O–H groups in total. The molecule has 0 radical (unpaired) electrons. The largest absolute Gasteiger partial charge is 0.347 e. The van der Waals surface area contributed by atoms with Crippen molar-refractivity contribution < 1.29 is 8.42 Å². The van der Waals surface area contributed by atoms with Gasteiger partial charge in [-0.1, -0.05) is 13.0 Å². The fraction of sp³-hybridized carbons (Fsp3) is 0.300. The summed E-state index contributed by atoms with van der Waals surface area (Å²) in [5.74, 6) is 0.632. The molecule has 92 valence electrons. The Kier molecular flexibility index (Phi) is 3.60. The van der Waals surface area contributed by atoms with Crippen molar-refractivity contribution in [3.63, 3.8) is 0 Å². The van der Waals surface area contributed by atoms with Crippen LogP contribution < -0.4 is 4.72 Å². The molecule has 0 saturated heterocycles. The number of rotatable bonds is 5. The Morgan fingerprint density at radius 1 is 1.59 bits per heavy atom. The Morgan fingerprint density at radius 3 is 2.94 bits per heavy atom. The molecule has 2 rings (SSSR count). The molecule has 0 amide bonds. The fourth-order valence-electron chi connectivity index (χ4n) is 1.46. The molecule has 0 aromatic carbocycles. The van der Waals surface area contributed by atoms with Gasteiger partial charge in [0, 0.05) is 12.4 Å². The lowest BCUT2D eigenvalue weighted by Crippen LogP contribution is -2.28. The lowest BCUT2D eigenvalue weighted by atomic mass is 10.2. The molecular weight excluding hydrogens is 258 g/mol. The maximum absolute atomic E-state index is 12.0. The third-order valence-electron chi connectivity index (χ3n) is 2.32. The molecule has 0 aliphatic heterocycles. The number of aromatic nitrogens is 2. The van der Waals surface area contributed by atoms with Crippen LogP contribution in [0.1, 0.15) is 25.2 Å². The molecule has 2 aromatic heterocycles. The van der Waals surface area contributed by atoms with Gasteiger partial charge in [0.15, 0.2) is 0 Å². The van der Waals surface area contributed by atoms with Gasteiger partial charge in [0.05, 0.1) is 6.04 Å². The van der Waals surface area contributed by atoms with Gasteiger partial charge in [-0.25, -0.2) is 13.4 Å². The van der Waals surface area contributed by atoms with E-state index in [1.165, 1.54) is 11.3 Å². The number of nitrogens with one attached hydrogen (secondary N) is 2. The third kappa shape index (κ3) is 2.74. The minimum absolute atomic E-state index is 0.322. The Bertz CT molecular complexity index is 546. The monoisotopic (exact) mass is 271 g/mol. The molecule has 0 saturated carbocycles. The van der Waals surface area contributed by atoms with Crippen LogP contribution in [0.15, 0.2) is 34.1 Å². The summed E-state index contributed by atoms with van der Waals surface area (Å²) in [6.07, 6.45) is 3.92. The van der Waals surface area contributed by atoms with Crippen molar-refractivity contribution in [3.8, 4) is 0 Å². The fourth-order valence-corrected chi connectivity index (χ4v) is 3.76. The third-order valence-corrected chi connectivity index (χ3v) is 5.18. The van der Waals surface area contributed by atoms with Crippen molar-refractivity contribution in [1.29, 1.82) is 0 Å². The Labute approximate surface area is 104 Å². The van der Waals surface area contributed by atoms with Gasteiger partial charge in [0.1, 0.15) is 10.0 Å². The van der Waals surface area contributed by atoms with Crippen LogP contribution in [-0.4, -0.2) is 18.4 Å². The topological polar surface area (TPSA) is 74.8 Å². The molecule has 2 aromatic rings. The smallest absolute Gasteiger partial charge is 0.250 e. The highest BCUT2D eigenvalue weighted by Gasteiger charge is 2.22. The van der Waals surface area contributed by atoms with Crippen molar-refractivity contribution in [2.45, 2.75) is 23.6 Å².